The van der Waals surface area contributed by atoms with Crippen LogP contribution in [0.5, 0.6) is 5.75 Å². The zero-order valence-corrected chi connectivity index (χ0v) is 14.1. The van der Waals surface area contributed by atoms with E-state index in [0.717, 1.165) is 34.3 Å². The molecule has 1 aliphatic rings. The predicted molar refractivity (Wildman–Crippen MR) is 96.0 cm³/mol. The molecule has 0 unspecified atom stereocenters. The number of benzene rings is 2. The maximum atomic E-state index is 12.1. The monoisotopic (exact) mass is 333 g/mol. The molecule has 0 aliphatic heterocycles. The SMILES string of the molecule is COc1ccc(Cn2ccc3ccc(C4C(=O)CCC4=O)cc32)cc1. The van der Waals surface area contributed by atoms with Crippen LogP contribution in [0.1, 0.15) is 29.9 Å². The summed E-state index contributed by atoms with van der Waals surface area (Å²) < 4.78 is 7.34. The summed E-state index contributed by atoms with van der Waals surface area (Å²) in [7, 11) is 1.65. The van der Waals surface area contributed by atoms with Gasteiger partial charge in [-0.15, -0.1) is 0 Å². The highest BCUT2D eigenvalue weighted by atomic mass is 16.5. The number of ether oxygens (including phenoxy) is 1. The maximum absolute atomic E-state index is 12.1. The first-order valence-electron chi connectivity index (χ1n) is 8.43. The van der Waals surface area contributed by atoms with Gasteiger partial charge in [0.05, 0.1) is 7.11 Å². The van der Waals surface area contributed by atoms with Gasteiger partial charge in [0.2, 0.25) is 0 Å². The van der Waals surface area contributed by atoms with E-state index in [1.54, 1.807) is 7.11 Å². The van der Waals surface area contributed by atoms with Gasteiger partial charge in [-0.05, 0) is 40.8 Å². The van der Waals surface area contributed by atoms with E-state index >= 15 is 0 Å². The number of carbonyl (C=O) groups is 2. The molecule has 0 saturated heterocycles. The van der Waals surface area contributed by atoms with E-state index < -0.39 is 5.92 Å². The second-order valence-electron chi connectivity index (χ2n) is 6.48. The molecule has 25 heavy (non-hydrogen) atoms. The zero-order chi connectivity index (χ0) is 17.4. The highest BCUT2D eigenvalue weighted by Gasteiger charge is 2.34. The first kappa shape index (κ1) is 15.6. The summed E-state index contributed by atoms with van der Waals surface area (Å²) in [5, 5.41) is 1.11. The molecule has 0 N–H and O–H groups in total. The summed E-state index contributed by atoms with van der Waals surface area (Å²) in [5.41, 5.74) is 3.02. The standard InChI is InChI=1S/C21H19NO3/c1-25-17-6-2-14(3-7-17)13-22-11-10-15-4-5-16(12-18(15)22)21-19(23)8-9-20(21)24/h2-7,10-12,21H,8-9,13H2,1H3. The number of methoxy groups -OCH3 is 1. The number of aromatic nitrogens is 1. The van der Waals surface area contributed by atoms with Gasteiger partial charge in [0.25, 0.3) is 0 Å². The van der Waals surface area contributed by atoms with E-state index in [9.17, 15) is 9.59 Å². The molecule has 4 heteroatoms. The van der Waals surface area contributed by atoms with E-state index in [-0.39, 0.29) is 11.6 Å². The molecule has 3 aromatic rings. The Morgan fingerprint density at radius 1 is 1.00 bits per heavy atom. The first-order valence-corrected chi connectivity index (χ1v) is 8.43. The first-order chi connectivity index (χ1) is 12.2. The highest BCUT2D eigenvalue weighted by Crippen LogP contribution is 2.30. The van der Waals surface area contributed by atoms with Crippen molar-refractivity contribution < 1.29 is 14.3 Å². The molecular weight excluding hydrogens is 314 g/mol. The van der Waals surface area contributed by atoms with Crippen LogP contribution in [0.4, 0.5) is 0 Å². The molecule has 126 valence electrons. The third-order valence-corrected chi connectivity index (χ3v) is 4.91. The van der Waals surface area contributed by atoms with Crippen LogP contribution >= 0.6 is 0 Å². The van der Waals surface area contributed by atoms with Crippen molar-refractivity contribution in [3.8, 4) is 5.75 Å². The van der Waals surface area contributed by atoms with Gasteiger partial charge in [-0.3, -0.25) is 9.59 Å². The summed E-state index contributed by atoms with van der Waals surface area (Å²) in [6.07, 6.45) is 2.78. The number of nitrogens with zero attached hydrogens (tertiary/aromatic N) is 1. The highest BCUT2D eigenvalue weighted by molar-refractivity contribution is 6.13. The second-order valence-corrected chi connectivity index (χ2v) is 6.48. The van der Waals surface area contributed by atoms with Gasteiger partial charge < -0.3 is 9.30 Å². The minimum absolute atomic E-state index is 0.0395. The van der Waals surface area contributed by atoms with Gasteiger partial charge in [0.1, 0.15) is 23.2 Å². The molecule has 1 saturated carbocycles. The van der Waals surface area contributed by atoms with Gasteiger partial charge in [0, 0.05) is 31.1 Å². The molecule has 2 aromatic carbocycles. The Balaban J connectivity index is 1.68. The summed E-state index contributed by atoms with van der Waals surface area (Å²) >= 11 is 0. The van der Waals surface area contributed by atoms with E-state index in [2.05, 4.69) is 10.6 Å². The van der Waals surface area contributed by atoms with Gasteiger partial charge in [-0.1, -0.05) is 24.3 Å². The van der Waals surface area contributed by atoms with Gasteiger partial charge in [-0.25, -0.2) is 0 Å². The van der Waals surface area contributed by atoms with E-state index in [0.29, 0.717) is 12.8 Å². The molecule has 1 heterocycles. The van der Waals surface area contributed by atoms with Crippen molar-refractivity contribution in [2.45, 2.75) is 25.3 Å². The Hall–Kier alpha value is -2.88. The van der Waals surface area contributed by atoms with Crippen molar-refractivity contribution in [1.29, 1.82) is 0 Å². The van der Waals surface area contributed by atoms with E-state index in [1.165, 1.54) is 0 Å². The maximum Gasteiger partial charge on any atom is 0.148 e. The molecule has 4 rings (SSSR count). The van der Waals surface area contributed by atoms with E-state index in [4.69, 9.17) is 4.74 Å². The molecule has 1 aliphatic carbocycles. The van der Waals surface area contributed by atoms with Crippen LogP contribution in [-0.4, -0.2) is 23.2 Å². The average molecular weight is 333 g/mol. The summed E-state index contributed by atoms with van der Waals surface area (Å²) in [5.74, 6) is 0.339. The number of Topliss-reactive ketones (excluding diaryl/α,β-unsaturated/α-hetero) is 2. The Kier molecular flexibility index (Phi) is 3.88. The van der Waals surface area contributed by atoms with Crippen molar-refractivity contribution in [3.63, 3.8) is 0 Å². The minimum Gasteiger partial charge on any atom is -0.497 e. The topological polar surface area (TPSA) is 48.3 Å². The smallest absolute Gasteiger partial charge is 0.148 e. The molecular formula is C21H19NO3. The lowest BCUT2D eigenvalue weighted by molar-refractivity contribution is -0.123. The molecule has 0 atom stereocenters. The third kappa shape index (κ3) is 2.84. The van der Waals surface area contributed by atoms with Crippen molar-refractivity contribution in [2.75, 3.05) is 7.11 Å². The fourth-order valence-electron chi connectivity index (χ4n) is 3.53. The molecule has 4 nitrogen and oxygen atoms in total. The van der Waals surface area contributed by atoms with Crippen molar-refractivity contribution in [1.82, 2.24) is 4.57 Å². The quantitative estimate of drug-likeness (QED) is 0.684. The van der Waals surface area contributed by atoms with Crippen LogP contribution in [0.3, 0.4) is 0 Å². The number of hydrogen-bond donors (Lipinski definition) is 0. The molecule has 1 aromatic heterocycles. The number of ketones is 2. The fraction of sp³-hybridized carbons (Fsp3) is 0.238. The van der Waals surface area contributed by atoms with Crippen LogP contribution in [0.15, 0.2) is 54.7 Å². The summed E-state index contributed by atoms with van der Waals surface area (Å²) in [6, 6.07) is 15.9. The van der Waals surface area contributed by atoms with Crippen molar-refractivity contribution in [3.05, 3.63) is 65.9 Å². The summed E-state index contributed by atoms with van der Waals surface area (Å²) in [4.78, 5) is 24.1. The Labute approximate surface area is 146 Å². The molecule has 0 radical (unpaired) electrons. The number of fused-ring (bicyclic) bond motifs is 1. The molecule has 0 spiro atoms. The summed E-state index contributed by atoms with van der Waals surface area (Å²) in [6.45, 7) is 0.726. The van der Waals surface area contributed by atoms with Crippen LogP contribution < -0.4 is 4.74 Å². The van der Waals surface area contributed by atoms with Crippen molar-refractivity contribution in [2.24, 2.45) is 0 Å². The van der Waals surface area contributed by atoms with E-state index in [1.807, 2.05) is 48.7 Å². The number of rotatable bonds is 4. The average Bonchev–Trinajstić information content (AvgIpc) is 3.18. The van der Waals surface area contributed by atoms with Gasteiger partial charge in [-0.2, -0.15) is 0 Å². The Morgan fingerprint density at radius 2 is 1.72 bits per heavy atom. The Bertz CT molecular complexity index is 937. The third-order valence-electron chi connectivity index (χ3n) is 4.91. The van der Waals surface area contributed by atoms with Gasteiger partial charge >= 0.3 is 0 Å². The largest absolute Gasteiger partial charge is 0.497 e. The zero-order valence-electron chi connectivity index (χ0n) is 14.1. The number of carbonyl (C=O) groups excluding carboxylic acids is 2. The van der Waals surface area contributed by atoms with Crippen LogP contribution in [0, 0.1) is 0 Å². The molecule has 0 amide bonds. The lowest BCUT2D eigenvalue weighted by atomic mass is 9.95. The fourth-order valence-corrected chi connectivity index (χ4v) is 3.53. The minimum atomic E-state index is -0.575. The normalized spacial score (nSPS) is 15.2. The molecule has 1 fully saturated rings. The van der Waals surface area contributed by atoms with Crippen LogP contribution in [-0.2, 0) is 16.1 Å². The van der Waals surface area contributed by atoms with Gasteiger partial charge in [0.15, 0.2) is 0 Å². The Morgan fingerprint density at radius 3 is 2.40 bits per heavy atom. The molecule has 0 bridgehead atoms. The van der Waals surface area contributed by atoms with Crippen molar-refractivity contribution >= 4 is 22.5 Å². The lowest BCUT2D eigenvalue weighted by Gasteiger charge is -2.10. The van der Waals surface area contributed by atoms with Crippen LogP contribution in [0.2, 0.25) is 0 Å². The predicted octanol–water partition coefficient (Wildman–Crippen LogP) is 3.71. The second kappa shape index (κ2) is 6.20. The number of hydrogen-bond acceptors (Lipinski definition) is 3. The van der Waals surface area contributed by atoms with Crippen LogP contribution in [0.25, 0.3) is 10.9 Å². The lowest BCUT2D eigenvalue weighted by Crippen LogP contribution is -2.12.